The molecule has 21 heavy (non-hydrogen) atoms. The first-order chi connectivity index (χ1) is 9.77. The molecule has 1 aromatic rings. The van der Waals surface area contributed by atoms with Crippen molar-refractivity contribution in [2.45, 2.75) is 13.3 Å². The van der Waals surface area contributed by atoms with E-state index in [-0.39, 0.29) is 15.5 Å². The van der Waals surface area contributed by atoms with Crippen molar-refractivity contribution in [2.75, 3.05) is 19.6 Å². The molecule has 8 heteroatoms. The third-order valence-electron chi connectivity index (χ3n) is 3.78. The monoisotopic (exact) mass is 359 g/mol. The molecular formula is C13H15BrFN3O3. The summed E-state index contributed by atoms with van der Waals surface area (Å²) in [6.07, 6.45) is 0.754. The molecule has 0 saturated carbocycles. The number of halogens is 2. The van der Waals surface area contributed by atoms with Crippen molar-refractivity contribution in [3.8, 4) is 0 Å². The molecule has 1 atom stereocenters. The summed E-state index contributed by atoms with van der Waals surface area (Å²) in [5, 5.41) is 10.9. The van der Waals surface area contributed by atoms with Gasteiger partial charge in [0.2, 0.25) is 0 Å². The van der Waals surface area contributed by atoms with E-state index in [4.69, 9.17) is 5.73 Å². The lowest BCUT2D eigenvalue weighted by atomic mass is 9.90. The fourth-order valence-electron chi connectivity index (χ4n) is 2.40. The Morgan fingerprint density at radius 1 is 1.62 bits per heavy atom. The number of likely N-dealkylation sites (tertiary alicyclic amines) is 1. The minimum absolute atomic E-state index is 0.000233. The van der Waals surface area contributed by atoms with Crippen LogP contribution in [0.4, 0.5) is 10.1 Å². The molecule has 1 aliphatic heterocycles. The predicted molar refractivity (Wildman–Crippen MR) is 78.4 cm³/mol. The lowest BCUT2D eigenvalue weighted by Gasteiger charge is -2.22. The molecule has 6 nitrogen and oxygen atoms in total. The zero-order valence-corrected chi connectivity index (χ0v) is 13.0. The van der Waals surface area contributed by atoms with Crippen molar-refractivity contribution >= 4 is 27.5 Å². The largest absolute Gasteiger partial charge is 0.338 e. The van der Waals surface area contributed by atoms with Crippen molar-refractivity contribution < 1.29 is 14.1 Å². The van der Waals surface area contributed by atoms with Gasteiger partial charge in [0.25, 0.3) is 11.6 Å². The summed E-state index contributed by atoms with van der Waals surface area (Å²) in [6.45, 7) is 3.38. The van der Waals surface area contributed by atoms with E-state index in [1.165, 1.54) is 0 Å². The molecule has 1 amide bonds. The Balaban J connectivity index is 2.35. The number of hydrogen-bond acceptors (Lipinski definition) is 4. The number of nitro benzene ring substituents is 1. The number of benzene rings is 1. The summed E-state index contributed by atoms with van der Waals surface area (Å²) < 4.78 is 13.5. The van der Waals surface area contributed by atoms with Crippen LogP contribution in [0.2, 0.25) is 0 Å². The third kappa shape index (κ3) is 3.06. The van der Waals surface area contributed by atoms with E-state index in [9.17, 15) is 19.3 Å². The van der Waals surface area contributed by atoms with Crippen LogP contribution in [0.1, 0.15) is 23.7 Å². The average molecular weight is 360 g/mol. The van der Waals surface area contributed by atoms with Crippen molar-refractivity contribution in [1.29, 1.82) is 0 Å². The number of nitrogens with zero attached hydrogens (tertiary/aromatic N) is 2. The van der Waals surface area contributed by atoms with Gasteiger partial charge in [-0.3, -0.25) is 14.9 Å². The van der Waals surface area contributed by atoms with Crippen LogP contribution in [-0.2, 0) is 0 Å². The second-order valence-corrected chi connectivity index (χ2v) is 6.33. The molecule has 0 spiro atoms. The van der Waals surface area contributed by atoms with Gasteiger partial charge in [0.15, 0.2) is 0 Å². The van der Waals surface area contributed by atoms with E-state index in [0.717, 1.165) is 18.6 Å². The molecule has 1 aromatic carbocycles. The minimum Gasteiger partial charge on any atom is -0.338 e. The highest BCUT2D eigenvalue weighted by Crippen LogP contribution is 2.34. The third-order valence-corrected chi connectivity index (χ3v) is 4.62. The fraction of sp³-hybridized carbons (Fsp3) is 0.462. The highest BCUT2D eigenvalue weighted by Gasteiger charge is 2.36. The molecule has 0 aliphatic carbocycles. The van der Waals surface area contributed by atoms with Gasteiger partial charge in [-0.25, -0.2) is 4.39 Å². The number of nitro groups is 1. The molecule has 1 heterocycles. The van der Waals surface area contributed by atoms with E-state index in [2.05, 4.69) is 15.9 Å². The Morgan fingerprint density at radius 3 is 2.81 bits per heavy atom. The molecule has 1 saturated heterocycles. The zero-order valence-electron chi connectivity index (χ0n) is 11.4. The zero-order chi connectivity index (χ0) is 15.8. The van der Waals surface area contributed by atoms with Crippen LogP contribution in [0.25, 0.3) is 0 Å². The smallest absolute Gasteiger partial charge is 0.287 e. The van der Waals surface area contributed by atoms with E-state index in [0.29, 0.717) is 19.6 Å². The van der Waals surface area contributed by atoms with Crippen LogP contribution in [-0.4, -0.2) is 35.4 Å². The summed E-state index contributed by atoms with van der Waals surface area (Å²) in [5.74, 6) is -1.24. The summed E-state index contributed by atoms with van der Waals surface area (Å²) in [5.41, 5.74) is 5.03. The quantitative estimate of drug-likeness (QED) is 0.662. The molecule has 1 aliphatic rings. The fourth-order valence-corrected chi connectivity index (χ4v) is 2.94. The summed E-state index contributed by atoms with van der Waals surface area (Å²) in [6, 6.07) is 1.80. The van der Waals surface area contributed by atoms with Crippen molar-refractivity contribution in [2.24, 2.45) is 11.1 Å². The van der Waals surface area contributed by atoms with Gasteiger partial charge < -0.3 is 10.6 Å². The summed E-state index contributed by atoms with van der Waals surface area (Å²) >= 11 is 3.03. The Kier molecular flexibility index (Phi) is 4.29. The van der Waals surface area contributed by atoms with E-state index in [1.807, 2.05) is 6.92 Å². The standard InChI is InChI=1S/C13H15BrFN3O3/c1-13(6-16)2-3-17(7-13)12(19)9-4-8(15)5-10(11(9)14)18(20)21/h4-5H,2-3,6-7,16H2,1H3. The molecule has 0 radical (unpaired) electrons. The number of rotatable bonds is 3. The first-order valence-corrected chi connectivity index (χ1v) is 7.19. The molecule has 1 unspecified atom stereocenters. The summed E-state index contributed by atoms with van der Waals surface area (Å²) in [7, 11) is 0. The normalized spacial score (nSPS) is 21.6. The van der Waals surface area contributed by atoms with Crippen molar-refractivity contribution in [1.82, 2.24) is 4.90 Å². The maximum Gasteiger partial charge on any atom is 0.287 e. The van der Waals surface area contributed by atoms with E-state index < -0.39 is 22.3 Å². The van der Waals surface area contributed by atoms with Gasteiger partial charge in [0.05, 0.1) is 16.6 Å². The topological polar surface area (TPSA) is 89.5 Å². The molecule has 2 N–H and O–H groups in total. The summed E-state index contributed by atoms with van der Waals surface area (Å²) in [4.78, 5) is 24.2. The number of nitrogens with two attached hydrogens (primary N) is 1. The highest BCUT2D eigenvalue weighted by molar-refractivity contribution is 9.10. The van der Waals surface area contributed by atoms with Crippen molar-refractivity contribution in [3.05, 3.63) is 38.1 Å². The van der Waals surface area contributed by atoms with Gasteiger partial charge in [0.1, 0.15) is 10.3 Å². The Hall–Kier alpha value is -1.54. The van der Waals surface area contributed by atoms with Gasteiger partial charge >= 0.3 is 0 Å². The molecule has 114 valence electrons. The van der Waals surface area contributed by atoms with Crippen LogP contribution < -0.4 is 5.73 Å². The molecule has 0 aromatic heterocycles. The molecular weight excluding hydrogens is 345 g/mol. The number of hydrogen-bond donors (Lipinski definition) is 1. The van der Waals surface area contributed by atoms with Crippen LogP contribution in [0.15, 0.2) is 16.6 Å². The van der Waals surface area contributed by atoms with Gasteiger partial charge in [-0.05, 0) is 40.4 Å². The van der Waals surface area contributed by atoms with Crippen LogP contribution in [0, 0.1) is 21.3 Å². The van der Waals surface area contributed by atoms with Gasteiger partial charge in [0, 0.05) is 13.1 Å². The predicted octanol–water partition coefficient (Wildman–Crippen LogP) is 2.31. The Morgan fingerprint density at radius 2 is 2.29 bits per heavy atom. The lowest BCUT2D eigenvalue weighted by Crippen LogP contribution is -2.34. The SMILES string of the molecule is CC1(CN)CCN(C(=O)c2cc(F)cc([N+](=O)[O-])c2Br)C1. The van der Waals surface area contributed by atoms with Crippen LogP contribution >= 0.6 is 15.9 Å². The minimum atomic E-state index is -0.811. The lowest BCUT2D eigenvalue weighted by molar-refractivity contribution is -0.385. The maximum atomic E-state index is 13.5. The van der Waals surface area contributed by atoms with Crippen molar-refractivity contribution in [3.63, 3.8) is 0 Å². The van der Waals surface area contributed by atoms with E-state index in [1.54, 1.807) is 4.90 Å². The first-order valence-electron chi connectivity index (χ1n) is 6.40. The average Bonchev–Trinajstić information content (AvgIpc) is 2.83. The number of amides is 1. The van der Waals surface area contributed by atoms with Gasteiger partial charge in [-0.2, -0.15) is 0 Å². The van der Waals surface area contributed by atoms with Crippen LogP contribution in [0.3, 0.4) is 0 Å². The Bertz CT molecular complexity index is 611. The van der Waals surface area contributed by atoms with E-state index >= 15 is 0 Å². The second-order valence-electron chi connectivity index (χ2n) is 5.54. The number of carbonyl (C=O) groups excluding carboxylic acids is 1. The van der Waals surface area contributed by atoms with Crippen LogP contribution in [0.5, 0.6) is 0 Å². The second kappa shape index (κ2) is 5.69. The number of carbonyl (C=O) groups is 1. The highest BCUT2D eigenvalue weighted by atomic mass is 79.9. The first kappa shape index (κ1) is 15.8. The molecule has 2 rings (SSSR count). The molecule has 0 bridgehead atoms. The van der Waals surface area contributed by atoms with Gasteiger partial charge in [-0.1, -0.05) is 6.92 Å². The Labute approximate surface area is 129 Å². The maximum absolute atomic E-state index is 13.5. The van der Waals surface area contributed by atoms with Gasteiger partial charge in [-0.15, -0.1) is 0 Å². The molecule has 1 fully saturated rings.